The number of methoxy groups -OCH3 is 1. The molecule has 0 aliphatic heterocycles. The van der Waals surface area contributed by atoms with Gasteiger partial charge in [0.2, 0.25) is 0 Å². The van der Waals surface area contributed by atoms with Gasteiger partial charge in [0.05, 0.1) is 12.7 Å². The molecule has 1 saturated carbocycles. The van der Waals surface area contributed by atoms with Crippen molar-refractivity contribution in [3.05, 3.63) is 23.0 Å². The van der Waals surface area contributed by atoms with Gasteiger partial charge in [-0.2, -0.15) is 0 Å². The lowest BCUT2D eigenvalue weighted by Crippen LogP contribution is -2.30. The van der Waals surface area contributed by atoms with Crippen molar-refractivity contribution < 1.29 is 14.3 Å². The van der Waals surface area contributed by atoms with Crippen molar-refractivity contribution >= 4 is 11.9 Å². The number of esters is 1. The molecule has 1 heterocycles. The fourth-order valence-corrected chi connectivity index (χ4v) is 3.23. The van der Waals surface area contributed by atoms with Crippen LogP contribution in [0.15, 0.2) is 6.07 Å². The molecule has 1 fully saturated rings. The van der Waals surface area contributed by atoms with Crippen LogP contribution in [-0.2, 0) is 9.53 Å². The Morgan fingerprint density at radius 1 is 1.29 bits per heavy atom. The van der Waals surface area contributed by atoms with E-state index in [-0.39, 0.29) is 12.5 Å². The molecule has 1 amide bonds. The number of carbonyl (C=O) groups excluding carboxylic acids is 2. The van der Waals surface area contributed by atoms with Gasteiger partial charge in [0.15, 0.2) is 0 Å². The number of rotatable bonds is 4. The first-order chi connectivity index (χ1) is 10.0. The van der Waals surface area contributed by atoms with Gasteiger partial charge in [-0.15, -0.1) is 0 Å². The third-order valence-corrected chi connectivity index (χ3v) is 4.29. The molecule has 0 spiro atoms. The van der Waals surface area contributed by atoms with Crippen LogP contribution in [0.25, 0.3) is 0 Å². The Hall–Kier alpha value is -1.78. The lowest BCUT2D eigenvalue weighted by molar-refractivity contribution is -0.139. The average molecular weight is 292 g/mol. The van der Waals surface area contributed by atoms with E-state index in [2.05, 4.69) is 14.6 Å². The maximum absolute atomic E-state index is 12.2. The SMILES string of the molecule is COC(=O)CNC(=O)c1cc(C)n(C2CCCCC2)c1C. The molecular formula is C16H24N2O3. The highest BCUT2D eigenvalue weighted by atomic mass is 16.5. The Morgan fingerprint density at radius 2 is 1.95 bits per heavy atom. The minimum Gasteiger partial charge on any atom is -0.468 e. The summed E-state index contributed by atoms with van der Waals surface area (Å²) >= 11 is 0. The van der Waals surface area contributed by atoms with Gasteiger partial charge in [-0.1, -0.05) is 19.3 Å². The molecule has 0 atom stereocenters. The van der Waals surface area contributed by atoms with Crippen molar-refractivity contribution in [1.82, 2.24) is 9.88 Å². The summed E-state index contributed by atoms with van der Waals surface area (Å²) in [6.45, 7) is 3.93. The summed E-state index contributed by atoms with van der Waals surface area (Å²) in [6, 6.07) is 2.41. The third kappa shape index (κ3) is 3.46. The highest BCUT2D eigenvalue weighted by Gasteiger charge is 2.22. The molecule has 5 nitrogen and oxygen atoms in total. The van der Waals surface area contributed by atoms with Crippen LogP contribution in [0.2, 0.25) is 0 Å². The molecule has 116 valence electrons. The number of amides is 1. The summed E-state index contributed by atoms with van der Waals surface area (Å²) in [7, 11) is 1.31. The molecule has 0 unspecified atom stereocenters. The summed E-state index contributed by atoms with van der Waals surface area (Å²) in [6.07, 6.45) is 6.18. The van der Waals surface area contributed by atoms with Crippen LogP contribution in [0.3, 0.4) is 0 Å². The monoisotopic (exact) mass is 292 g/mol. The lowest BCUT2D eigenvalue weighted by Gasteiger charge is -2.26. The summed E-state index contributed by atoms with van der Waals surface area (Å²) < 4.78 is 6.82. The first-order valence-electron chi connectivity index (χ1n) is 7.58. The van der Waals surface area contributed by atoms with Gasteiger partial charge >= 0.3 is 5.97 Å². The Kier molecular flexibility index (Phi) is 5.04. The normalized spacial score (nSPS) is 15.8. The van der Waals surface area contributed by atoms with E-state index in [0.717, 1.165) is 11.4 Å². The number of nitrogens with zero attached hydrogens (tertiary/aromatic N) is 1. The topological polar surface area (TPSA) is 60.3 Å². The van der Waals surface area contributed by atoms with E-state index in [4.69, 9.17) is 0 Å². The molecule has 1 aliphatic rings. The molecule has 5 heteroatoms. The predicted octanol–water partition coefficient (Wildman–Crippen LogP) is 2.51. The molecule has 0 aromatic carbocycles. The minimum atomic E-state index is -0.440. The van der Waals surface area contributed by atoms with E-state index in [1.54, 1.807) is 0 Å². The van der Waals surface area contributed by atoms with Crippen LogP contribution in [-0.4, -0.2) is 30.1 Å². The molecule has 0 saturated heterocycles. The molecule has 1 aliphatic carbocycles. The van der Waals surface area contributed by atoms with Crippen LogP contribution in [0, 0.1) is 13.8 Å². The standard InChI is InChI=1S/C16H24N2O3/c1-11-9-14(16(20)17-10-15(19)21-3)12(2)18(11)13-7-5-4-6-8-13/h9,13H,4-8,10H2,1-3H3,(H,17,20). The van der Waals surface area contributed by atoms with E-state index in [1.807, 2.05) is 19.9 Å². The zero-order valence-electron chi connectivity index (χ0n) is 13.1. The highest BCUT2D eigenvalue weighted by Crippen LogP contribution is 2.32. The molecule has 1 aromatic rings. The fourth-order valence-electron chi connectivity index (χ4n) is 3.23. The minimum absolute atomic E-state index is 0.0948. The molecule has 1 N–H and O–H groups in total. The number of aryl methyl sites for hydroxylation is 1. The maximum Gasteiger partial charge on any atom is 0.325 e. The van der Waals surface area contributed by atoms with Crippen LogP contribution in [0.1, 0.15) is 59.9 Å². The van der Waals surface area contributed by atoms with Gasteiger partial charge in [-0.25, -0.2) is 0 Å². The molecule has 0 bridgehead atoms. The van der Waals surface area contributed by atoms with Gasteiger partial charge < -0.3 is 14.6 Å². The quantitative estimate of drug-likeness (QED) is 0.867. The van der Waals surface area contributed by atoms with Gasteiger partial charge in [-0.05, 0) is 32.8 Å². The highest BCUT2D eigenvalue weighted by molar-refractivity contribution is 5.97. The van der Waals surface area contributed by atoms with Crippen molar-refractivity contribution in [3.63, 3.8) is 0 Å². The van der Waals surface area contributed by atoms with E-state index in [9.17, 15) is 9.59 Å². The molecule has 1 aromatic heterocycles. The van der Waals surface area contributed by atoms with E-state index >= 15 is 0 Å². The number of aromatic nitrogens is 1. The number of hydrogen-bond donors (Lipinski definition) is 1. The number of nitrogens with one attached hydrogen (secondary N) is 1. The molecule has 21 heavy (non-hydrogen) atoms. The zero-order valence-corrected chi connectivity index (χ0v) is 13.1. The molecule has 0 radical (unpaired) electrons. The van der Waals surface area contributed by atoms with Crippen LogP contribution >= 0.6 is 0 Å². The van der Waals surface area contributed by atoms with Gasteiger partial charge in [0.1, 0.15) is 6.54 Å². The first-order valence-corrected chi connectivity index (χ1v) is 7.58. The maximum atomic E-state index is 12.2. The van der Waals surface area contributed by atoms with Gasteiger partial charge in [-0.3, -0.25) is 9.59 Å². The summed E-state index contributed by atoms with van der Waals surface area (Å²) in [4.78, 5) is 23.3. The Bertz CT molecular complexity index is 528. The second-order valence-corrected chi connectivity index (χ2v) is 5.71. The Labute approximate surface area is 125 Å². The Balaban J connectivity index is 2.14. The molecule has 2 rings (SSSR count). The second-order valence-electron chi connectivity index (χ2n) is 5.71. The van der Waals surface area contributed by atoms with E-state index in [1.165, 1.54) is 39.2 Å². The average Bonchev–Trinajstić information content (AvgIpc) is 2.80. The van der Waals surface area contributed by atoms with Crippen molar-refractivity contribution in [2.75, 3.05) is 13.7 Å². The fraction of sp³-hybridized carbons (Fsp3) is 0.625. The van der Waals surface area contributed by atoms with Crippen molar-refractivity contribution in [3.8, 4) is 0 Å². The summed E-state index contributed by atoms with van der Waals surface area (Å²) in [5, 5.41) is 2.61. The number of hydrogen-bond acceptors (Lipinski definition) is 3. The lowest BCUT2D eigenvalue weighted by atomic mass is 9.95. The third-order valence-electron chi connectivity index (χ3n) is 4.29. The Morgan fingerprint density at radius 3 is 2.57 bits per heavy atom. The summed E-state index contributed by atoms with van der Waals surface area (Å²) in [5.41, 5.74) is 2.76. The van der Waals surface area contributed by atoms with Crippen LogP contribution in [0.4, 0.5) is 0 Å². The van der Waals surface area contributed by atoms with Crippen LogP contribution < -0.4 is 5.32 Å². The van der Waals surface area contributed by atoms with Crippen molar-refractivity contribution in [1.29, 1.82) is 0 Å². The number of carbonyl (C=O) groups is 2. The van der Waals surface area contributed by atoms with Crippen LogP contribution in [0.5, 0.6) is 0 Å². The zero-order chi connectivity index (χ0) is 15.4. The van der Waals surface area contributed by atoms with Crippen molar-refractivity contribution in [2.45, 2.75) is 52.0 Å². The summed E-state index contributed by atoms with van der Waals surface area (Å²) in [5.74, 6) is -0.653. The first kappa shape index (κ1) is 15.6. The van der Waals surface area contributed by atoms with Crippen molar-refractivity contribution in [2.24, 2.45) is 0 Å². The second kappa shape index (κ2) is 6.78. The smallest absolute Gasteiger partial charge is 0.325 e. The largest absolute Gasteiger partial charge is 0.468 e. The predicted molar refractivity (Wildman–Crippen MR) is 80.4 cm³/mol. The van der Waals surface area contributed by atoms with E-state index < -0.39 is 5.97 Å². The van der Waals surface area contributed by atoms with E-state index in [0.29, 0.717) is 11.6 Å². The van der Waals surface area contributed by atoms with Gasteiger partial charge in [0.25, 0.3) is 5.91 Å². The molecular weight excluding hydrogens is 268 g/mol. The number of ether oxygens (including phenoxy) is 1. The van der Waals surface area contributed by atoms with Gasteiger partial charge in [0, 0.05) is 17.4 Å².